The SMILES string of the molecule is COC1C2COP(=O)(O)NC3C(COP(O)(=S)OC1C(n1cnc4c(=O)[nH]c(N)nc41)O2)OC(n1cnc2c(N)ncnc21)C3F. The molecule has 8 N–H and O–H groups in total. The summed E-state index contributed by atoms with van der Waals surface area (Å²) in [6, 6.07) is -1.52. The number of anilines is 2. The summed E-state index contributed by atoms with van der Waals surface area (Å²) >= 11 is 5.31. The van der Waals surface area contributed by atoms with Crippen molar-refractivity contribution in [2.45, 2.75) is 49.1 Å². The van der Waals surface area contributed by atoms with Crippen LogP contribution in [-0.4, -0.2) is 106 Å². The number of H-pyrrole nitrogens is 1. The number of methoxy groups -OCH3 is 1. The Hall–Kier alpha value is -3.05. The van der Waals surface area contributed by atoms with E-state index in [-0.39, 0.29) is 34.1 Å². The number of fused-ring (bicyclic) bond motifs is 5. The molecule has 10 unspecified atom stereocenters. The Kier molecular flexibility index (Phi) is 7.94. The first-order valence-corrected chi connectivity index (χ1v) is 17.6. The molecular formula is C21H26FN11O10P2S. The number of aromatic amines is 1. The van der Waals surface area contributed by atoms with Crippen LogP contribution in [0.25, 0.3) is 22.3 Å². The van der Waals surface area contributed by atoms with Crippen LogP contribution in [0, 0.1) is 0 Å². The molecule has 7 rings (SSSR count). The van der Waals surface area contributed by atoms with Crippen LogP contribution in [0.15, 0.2) is 23.8 Å². The maximum atomic E-state index is 16.1. The number of nitrogens with one attached hydrogen (secondary N) is 2. The van der Waals surface area contributed by atoms with Crippen LogP contribution >= 0.6 is 14.5 Å². The van der Waals surface area contributed by atoms with Gasteiger partial charge in [0.05, 0.1) is 31.9 Å². The fourth-order valence-corrected chi connectivity index (χ4v) is 8.16. The van der Waals surface area contributed by atoms with Crippen molar-refractivity contribution in [1.82, 2.24) is 44.1 Å². The molecule has 248 valence electrons. The molecule has 3 aliphatic heterocycles. The lowest BCUT2D eigenvalue weighted by Crippen LogP contribution is -2.43. The number of ether oxygens (including phenoxy) is 3. The third-order valence-electron chi connectivity index (χ3n) is 7.66. The van der Waals surface area contributed by atoms with E-state index in [0.717, 1.165) is 6.33 Å². The Morgan fingerprint density at radius 3 is 2.50 bits per heavy atom. The van der Waals surface area contributed by atoms with Gasteiger partial charge in [-0.3, -0.25) is 28.0 Å². The first kappa shape index (κ1) is 31.5. The Labute approximate surface area is 261 Å². The summed E-state index contributed by atoms with van der Waals surface area (Å²) in [5.74, 6) is -0.162. The number of alkyl halides is 1. The van der Waals surface area contributed by atoms with E-state index < -0.39 is 82.3 Å². The molecule has 3 saturated heterocycles. The molecule has 0 aliphatic carbocycles. The van der Waals surface area contributed by atoms with E-state index in [4.69, 9.17) is 51.1 Å². The molecule has 0 amide bonds. The molecule has 25 heteroatoms. The lowest BCUT2D eigenvalue weighted by molar-refractivity contribution is -0.0532. The molecule has 3 fully saturated rings. The molecule has 7 heterocycles. The Balaban J connectivity index is 1.22. The van der Waals surface area contributed by atoms with Crippen LogP contribution in [0.3, 0.4) is 0 Å². The molecular weight excluding hydrogens is 679 g/mol. The molecule has 46 heavy (non-hydrogen) atoms. The average Bonchev–Trinajstić information content (AvgIpc) is 3.75. The monoisotopic (exact) mass is 705 g/mol. The highest BCUT2D eigenvalue weighted by Crippen LogP contribution is 2.52. The summed E-state index contributed by atoms with van der Waals surface area (Å²) in [4.78, 5) is 57.0. The fraction of sp³-hybridized carbons (Fsp3) is 0.524. The number of hydrogen-bond donors (Lipinski definition) is 6. The van der Waals surface area contributed by atoms with Crippen molar-refractivity contribution < 1.29 is 46.5 Å². The van der Waals surface area contributed by atoms with Gasteiger partial charge in [0.2, 0.25) is 5.95 Å². The van der Waals surface area contributed by atoms with Gasteiger partial charge in [-0.15, -0.1) is 0 Å². The summed E-state index contributed by atoms with van der Waals surface area (Å²) < 4.78 is 66.3. The van der Waals surface area contributed by atoms with E-state index in [2.05, 4.69) is 35.0 Å². The highest BCUT2D eigenvalue weighted by molar-refractivity contribution is 8.07. The molecule has 0 radical (unpaired) electrons. The van der Waals surface area contributed by atoms with Crippen molar-refractivity contribution in [2.24, 2.45) is 0 Å². The van der Waals surface area contributed by atoms with Crippen molar-refractivity contribution >= 4 is 60.4 Å². The third kappa shape index (κ3) is 5.51. The zero-order valence-electron chi connectivity index (χ0n) is 23.4. The summed E-state index contributed by atoms with van der Waals surface area (Å²) in [5.41, 5.74) is 11.2. The summed E-state index contributed by atoms with van der Waals surface area (Å²) in [7, 11) is -3.50. The lowest BCUT2D eigenvalue weighted by atomic mass is 10.1. The number of nitrogens with two attached hydrogens (primary N) is 2. The van der Waals surface area contributed by atoms with Crippen LogP contribution in [-0.2, 0) is 44.2 Å². The van der Waals surface area contributed by atoms with Crippen molar-refractivity contribution in [3.8, 4) is 0 Å². The van der Waals surface area contributed by atoms with Gasteiger partial charge in [0.1, 0.15) is 36.3 Å². The minimum Gasteiger partial charge on any atom is -0.382 e. The smallest absolute Gasteiger partial charge is 0.382 e. The molecule has 3 aliphatic rings. The minimum absolute atomic E-state index is 0.000300. The van der Waals surface area contributed by atoms with E-state index in [9.17, 15) is 19.1 Å². The standard InChI is InChI=1S/C21H26FN11O10P2S/c1-38-13-8-3-39-44(35,36)31-10-7(41-19(9(10)22)32-5-27-11-15(23)25-4-26-16(11)32)2-40-45(37,46)43-14(13)20(42-8)33-6-28-12-17(33)29-21(24)30-18(12)34/h4-10,13-14,19-20H,2-3H2,1H3,(H,37,46)(H2,23,25,26)(H2,31,35,36)(H3,24,29,30,34). The normalized spacial score (nSPS) is 37.1. The van der Waals surface area contributed by atoms with Gasteiger partial charge in [0, 0.05) is 7.11 Å². The number of aromatic nitrogens is 8. The predicted octanol–water partition coefficient (Wildman–Crippen LogP) is -1.02. The molecule has 4 aromatic rings. The largest absolute Gasteiger partial charge is 0.403 e. The van der Waals surface area contributed by atoms with Crippen molar-refractivity contribution in [3.63, 3.8) is 0 Å². The number of rotatable bonds is 3. The van der Waals surface area contributed by atoms with E-state index in [1.54, 1.807) is 0 Å². The van der Waals surface area contributed by atoms with Crippen molar-refractivity contribution in [2.75, 3.05) is 31.8 Å². The molecule has 2 bridgehead atoms. The number of nitrogens with zero attached hydrogens (tertiary/aromatic N) is 7. The third-order valence-corrected chi connectivity index (χ3v) is 10.3. The van der Waals surface area contributed by atoms with Gasteiger partial charge in [0.25, 0.3) is 5.56 Å². The maximum absolute atomic E-state index is 16.1. The number of hydrogen-bond acceptors (Lipinski definition) is 16. The topological polar surface area (TPSA) is 284 Å². The van der Waals surface area contributed by atoms with Crippen LogP contribution in [0.1, 0.15) is 12.5 Å². The second-order valence-electron chi connectivity index (χ2n) is 10.4. The van der Waals surface area contributed by atoms with Crippen LogP contribution in [0.2, 0.25) is 0 Å². The molecule has 0 spiro atoms. The number of halogens is 1. The highest BCUT2D eigenvalue weighted by atomic mass is 32.5. The predicted molar refractivity (Wildman–Crippen MR) is 156 cm³/mol. The summed E-state index contributed by atoms with van der Waals surface area (Å²) in [5, 5.41) is 2.29. The van der Waals surface area contributed by atoms with Gasteiger partial charge in [-0.1, -0.05) is 0 Å². The van der Waals surface area contributed by atoms with Crippen LogP contribution < -0.4 is 22.1 Å². The molecule has 21 nitrogen and oxygen atoms in total. The second kappa shape index (κ2) is 11.6. The van der Waals surface area contributed by atoms with E-state index in [1.165, 1.54) is 28.9 Å². The molecule has 0 saturated carbocycles. The van der Waals surface area contributed by atoms with Gasteiger partial charge >= 0.3 is 14.5 Å². The van der Waals surface area contributed by atoms with Gasteiger partial charge in [-0.05, 0) is 11.8 Å². The number of imidazole rings is 2. The zero-order chi connectivity index (χ0) is 32.5. The Bertz CT molecular complexity index is 1960. The minimum atomic E-state index is -4.80. The Morgan fingerprint density at radius 2 is 1.74 bits per heavy atom. The second-order valence-corrected chi connectivity index (χ2v) is 14.8. The van der Waals surface area contributed by atoms with Gasteiger partial charge < -0.3 is 40.0 Å². The number of nitrogen functional groups attached to an aromatic ring is 2. The van der Waals surface area contributed by atoms with Crippen LogP contribution in [0.4, 0.5) is 16.2 Å². The quantitative estimate of drug-likeness (QED) is 0.139. The van der Waals surface area contributed by atoms with Gasteiger partial charge in [0.15, 0.2) is 41.3 Å². The highest BCUT2D eigenvalue weighted by Gasteiger charge is 2.53. The Morgan fingerprint density at radius 1 is 1.04 bits per heavy atom. The summed E-state index contributed by atoms with van der Waals surface area (Å²) in [6.07, 6.45) is -5.87. The molecule has 4 aromatic heterocycles. The average molecular weight is 706 g/mol. The van der Waals surface area contributed by atoms with Gasteiger partial charge in [-0.25, -0.2) is 34.0 Å². The van der Waals surface area contributed by atoms with Gasteiger partial charge in [-0.2, -0.15) is 4.98 Å². The lowest BCUT2D eigenvalue weighted by Gasteiger charge is -2.28. The van der Waals surface area contributed by atoms with E-state index in [0.29, 0.717) is 0 Å². The van der Waals surface area contributed by atoms with Crippen LogP contribution in [0.5, 0.6) is 0 Å². The molecule has 0 aromatic carbocycles. The maximum Gasteiger partial charge on any atom is 0.403 e. The first-order chi connectivity index (χ1) is 21.9. The first-order valence-electron chi connectivity index (χ1n) is 13.4. The summed E-state index contributed by atoms with van der Waals surface area (Å²) in [6.45, 7) is -5.42. The van der Waals surface area contributed by atoms with E-state index >= 15 is 4.39 Å². The zero-order valence-corrected chi connectivity index (χ0v) is 26.0. The fourth-order valence-electron chi connectivity index (χ4n) is 5.64. The van der Waals surface area contributed by atoms with E-state index in [1.807, 2.05) is 0 Å². The molecule has 10 atom stereocenters. The van der Waals surface area contributed by atoms with Crippen molar-refractivity contribution in [1.29, 1.82) is 0 Å². The van der Waals surface area contributed by atoms with Crippen molar-refractivity contribution in [3.05, 3.63) is 29.3 Å².